The van der Waals surface area contributed by atoms with Gasteiger partial charge in [-0.05, 0) is 64.4 Å². The molecule has 0 aromatic heterocycles. The number of carbonyl (C=O) groups excluding carboxylic acids is 2. The number of sulfonamides is 1. The Balaban J connectivity index is 2.31. The molecule has 0 spiro atoms. The van der Waals surface area contributed by atoms with Gasteiger partial charge in [-0.1, -0.05) is 29.8 Å². The van der Waals surface area contributed by atoms with E-state index < -0.39 is 34.1 Å². The number of nitrogens with one attached hydrogen (secondary N) is 1. The van der Waals surface area contributed by atoms with Crippen LogP contribution in [-0.4, -0.2) is 61.7 Å². The number of rotatable bonds is 9. The molecule has 0 aliphatic rings. The Morgan fingerprint density at radius 1 is 1.09 bits per heavy atom. The van der Waals surface area contributed by atoms with Gasteiger partial charge in [0.05, 0.1) is 18.6 Å². The van der Waals surface area contributed by atoms with Gasteiger partial charge in [-0.15, -0.1) is 0 Å². The minimum Gasteiger partial charge on any atom is -0.497 e. The minimum atomic E-state index is -3.88. The lowest BCUT2D eigenvalue weighted by Gasteiger charge is -2.32. The summed E-state index contributed by atoms with van der Waals surface area (Å²) in [6, 6.07) is 12.8. The summed E-state index contributed by atoms with van der Waals surface area (Å²) in [7, 11) is -0.972. The summed E-state index contributed by atoms with van der Waals surface area (Å²) < 4.78 is 32.3. The predicted molar refractivity (Wildman–Crippen MR) is 132 cm³/mol. The van der Waals surface area contributed by atoms with Crippen LogP contribution >= 0.6 is 0 Å². The van der Waals surface area contributed by atoms with Crippen LogP contribution < -0.4 is 10.1 Å². The van der Waals surface area contributed by atoms with Crippen LogP contribution in [0.3, 0.4) is 0 Å². The summed E-state index contributed by atoms with van der Waals surface area (Å²) in [5.74, 6) is -0.193. The van der Waals surface area contributed by atoms with Crippen LogP contribution in [0.15, 0.2) is 53.4 Å². The third-order valence-electron chi connectivity index (χ3n) is 5.24. The van der Waals surface area contributed by atoms with Crippen LogP contribution in [0.1, 0.15) is 38.8 Å². The van der Waals surface area contributed by atoms with Crippen LogP contribution in [0.5, 0.6) is 5.75 Å². The summed E-state index contributed by atoms with van der Waals surface area (Å²) in [4.78, 5) is 27.7. The van der Waals surface area contributed by atoms with E-state index in [1.807, 2.05) is 33.8 Å². The van der Waals surface area contributed by atoms with Crippen molar-refractivity contribution < 1.29 is 22.7 Å². The smallest absolute Gasteiger partial charge is 0.243 e. The number of ether oxygens (including phenoxy) is 1. The second-order valence-corrected chi connectivity index (χ2v) is 11.4. The van der Waals surface area contributed by atoms with Gasteiger partial charge in [-0.2, -0.15) is 4.31 Å². The van der Waals surface area contributed by atoms with Crippen LogP contribution in [-0.2, 0) is 26.2 Å². The second-order valence-electron chi connectivity index (χ2n) is 9.36. The largest absolute Gasteiger partial charge is 0.497 e. The lowest BCUT2D eigenvalue weighted by atomic mass is 10.1. The summed E-state index contributed by atoms with van der Waals surface area (Å²) in [6.45, 7) is 8.77. The highest BCUT2D eigenvalue weighted by atomic mass is 32.2. The number of hydrogen-bond acceptors (Lipinski definition) is 5. The quantitative estimate of drug-likeness (QED) is 0.584. The van der Waals surface area contributed by atoms with Gasteiger partial charge in [0.1, 0.15) is 11.8 Å². The van der Waals surface area contributed by atoms with Gasteiger partial charge in [-0.3, -0.25) is 9.59 Å². The molecule has 0 bridgehead atoms. The van der Waals surface area contributed by atoms with Crippen molar-refractivity contribution in [2.45, 2.75) is 57.6 Å². The van der Waals surface area contributed by atoms with Gasteiger partial charge in [0, 0.05) is 19.1 Å². The first kappa shape index (κ1) is 27.3. The lowest BCUT2D eigenvalue weighted by molar-refractivity contribution is -0.141. The van der Waals surface area contributed by atoms with Crippen LogP contribution in [0.25, 0.3) is 0 Å². The highest BCUT2D eigenvalue weighted by Gasteiger charge is 2.31. The highest BCUT2D eigenvalue weighted by Crippen LogP contribution is 2.19. The molecule has 0 fully saturated rings. The SMILES string of the molecule is COc1cccc(CN(C(=O)CN(C)S(=O)(=O)c2ccc(C)cc2)[C@@H](C)C(=O)NC(C)(C)C)c1. The maximum atomic E-state index is 13.4. The zero-order chi connectivity index (χ0) is 25.7. The number of carbonyl (C=O) groups is 2. The number of nitrogens with zero attached hydrogens (tertiary/aromatic N) is 2. The molecule has 1 atom stereocenters. The number of benzene rings is 2. The Kier molecular flexibility index (Phi) is 8.85. The van der Waals surface area contributed by atoms with Crippen molar-refractivity contribution in [2.24, 2.45) is 0 Å². The molecule has 0 saturated heterocycles. The second kappa shape index (κ2) is 11.0. The molecule has 0 radical (unpaired) electrons. The molecule has 0 saturated carbocycles. The lowest BCUT2D eigenvalue weighted by Crippen LogP contribution is -2.54. The summed E-state index contributed by atoms with van der Waals surface area (Å²) in [5, 5.41) is 2.89. The first-order chi connectivity index (χ1) is 15.7. The van der Waals surface area contributed by atoms with Gasteiger partial charge >= 0.3 is 0 Å². The van der Waals surface area contributed by atoms with Crippen molar-refractivity contribution in [3.05, 3.63) is 59.7 Å². The van der Waals surface area contributed by atoms with Gasteiger partial charge in [0.15, 0.2) is 0 Å². The zero-order valence-electron chi connectivity index (χ0n) is 21.0. The maximum absolute atomic E-state index is 13.4. The molecule has 0 aliphatic heterocycles. The third-order valence-corrected chi connectivity index (χ3v) is 7.06. The molecule has 34 heavy (non-hydrogen) atoms. The predicted octanol–water partition coefficient (Wildman–Crippen LogP) is 2.96. The van der Waals surface area contributed by atoms with E-state index in [2.05, 4.69) is 5.32 Å². The highest BCUT2D eigenvalue weighted by molar-refractivity contribution is 7.89. The monoisotopic (exact) mass is 489 g/mol. The first-order valence-corrected chi connectivity index (χ1v) is 12.5. The Hall–Kier alpha value is -2.91. The maximum Gasteiger partial charge on any atom is 0.243 e. The fraction of sp³-hybridized carbons (Fsp3) is 0.440. The van der Waals surface area contributed by atoms with Crippen molar-refractivity contribution in [2.75, 3.05) is 20.7 Å². The Labute approximate surface area is 202 Å². The van der Waals surface area contributed by atoms with Crippen molar-refractivity contribution in [3.63, 3.8) is 0 Å². The van der Waals surface area contributed by atoms with Gasteiger partial charge < -0.3 is 15.0 Å². The summed E-state index contributed by atoms with van der Waals surface area (Å²) in [6.07, 6.45) is 0. The fourth-order valence-electron chi connectivity index (χ4n) is 3.28. The van der Waals surface area contributed by atoms with E-state index in [1.54, 1.807) is 44.4 Å². The Morgan fingerprint density at radius 2 is 1.71 bits per heavy atom. The molecule has 9 heteroatoms. The Morgan fingerprint density at radius 3 is 2.26 bits per heavy atom. The van der Waals surface area contributed by atoms with Crippen LogP contribution in [0.2, 0.25) is 0 Å². The van der Waals surface area contributed by atoms with Crippen molar-refractivity contribution in [1.29, 1.82) is 0 Å². The van der Waals surface area contributed by atoms with E-state index in [1.165, 1.54) is 24.1 Å². The van der Waals surface area contributed by atoms with E-state index in [4.69, 9.17) is 4.74 Å². The standard InChI is InChI=1S/C25H35N3O5S/c1-18-11-13-22(14-12-18)34(31,32)27(6)17-23(29)28(19(2)24(30)26-25(3,4)5)16-20-9-8-10-21(15-20)33-7/h8-15,19H,16-17H2,1-7H3,(H,26,30)/t19-/m0/s1. The molecule has 1 N–H and O–H groups in total. The molecule has 0 aliphatic carbocycles. The van der Waals surface area contributed by atoms with Crippen molar-refractivity contribution in [1.82, 2.24) is 14.5 Å². The summed E-state index contributed by atoms with van der Waals surface area (Å²) >= 11 is 0. The third kappa shape index (κ3) is 7.30. The topological polar surface area (TPSA) is 96.0 Å². The first-order valence-electron chi connectivity index (χ1n) is 11.0. The zero-order valence-corrected chi connectivity index (χ0v) is 21.8. The number of methoxy groups -OCH3 is 1. The van der Waals surface area contributed by atoms with Gasteiger partial charge in [0.25, 0.3) is 0 Å². The van der Waals surface area contributed by atoms with Gasteiger partial charge in [-0.25, -0.2) is 8.42 Å². The number of aryl methyl sites for hydroxylation is 1. The van der Waals surface area contributed by atoms with E-state index in [-0.39, 0.29) is 17.3 Å². The number of hydrogen-bond donors (Lipinski definition) is 1. The van der Waals surface area contributed by atoms with Crippen molar-refractivity contribution in [3.8, 4) is 5.75 Å². The van der Waals surface area contributed by atoms with Crippen LogP contribution in [0, 0.1) is 6.92 Å². The molecule has 2 aromatic carbocycles. The van der Waals surface area contributed by atoms with E-state index in [9.17, 15) is 18.0 Å². The molecule has 2 aromatic rings. The van der Waals surface area contributed by atoms with E-state index in [0.29, 0.717) is 5.75 Å². The number of amides is 2. The molecular weight excluding hydrogens is 454 g/mol. The number of likely N-dealkylation sites (N-methyl/N-ethyl adjacent to an activating group) is 1. The van der Waals surface area contributed by atoms with Gasteiger partial charge in [0.2, 0.25) is 21.8 Å². The molecule has 0 unspecified atom stereocenters. The average molecular weight is 490 g/mol. The van der Waals surface area contributed by atoms with E-state index in [0.717, 1.165) is 15.4 Å². The van der Waals surface area contributed by atoms with E-state index >= 15 is 0 Å². The molecular formula is C25H35N3O5S. The Bertz CT molecular complexity index is 1110. The molecule has 8 nitrogen and oxygen atoms in total. The minimum absolute atomic E-state index is 0.103. The summed E-state index contributed by atoms with van der Waals surface area (Å²) in [5.41, 5.74) is 1.20. The normalized spacial score (nSPS) is 12.8. The van der Waals surface area contributed by atoms with Crippen molar-refractivity contribution >= 4 is 21.8 Å². The molecule has 2 rings (SSSR count). The molecule has 0 heterocycles. The fourth-order valence-corrected chi connectivity index (χ4v) is 4.40. The molecule has 186 valence electrons. The van der Waals surface area contributed by atoms with Crippen LogP contribution in [0.4, 0.5) is 0 Å². The average Bonchev–Trinajstić information content (AvgIpc) is 2.76. The molecule has 2 amide bonds.